The standard InChI is InChI=1S/C7H16O4/c8-4-2-1-3-7(10)11-6-5-9/h7-10H,1-6H2. The van der Waals surface area contributed by atoms with Crippen LogP contribution in [-0.2, 0) is 4.74 Å². The van der Waals surface area contributed by atoms with Gasteiger partial charge in [0.25, 0.3) is 0 Å². The van der Waals surface area contributed by atoms with Gasteiger partial charge in [0.1, 0.15) is 0 Å². The highest BCUT2D eigenvalue weighted by Crippen LogP contribution is 2.00. The van der Waals surface area contributed by atoms with Crippen LogP contribution in [0.1, 0.15) is 19.3 Å². The van der Waals surface area contributed by atoms with E-state index < -0.39 is 6.29 Å². The van der Waals surface area contributed by atoms with Crippen LogP contribution < -0.4 is 0 Å². The van der Waals surface area contributed by atoms with E-state index in [1.54, 1.807) is 0 Å². The molecule has 0 aromatic carbocycles. The Bertz CT molecular complexity index is 76.8. The van der Waals surface area contributed by atoms with Gasteiger partial charge < -0.3 is 20.1 Å². The fraction of sp³-hybridized carbons (Fsp3) is 1.00. The molecule has 0 aliphatic rings. The van der Waals surface area contributed by atoms with Crippen molar-refractivity contribution in [1.29, 1.82) is 0 Å². The molecule has 4 heteroatoms. The Morgan fingerprint density at radius 1 is 1.09 bits per heavy atom. The quantitative estimate of drug-likeness (QED) is 0.349. The van der Waals surface area contributed by atoms with Gasteiger partial charge in [-0.1, -0.05) is 0 Å². The highest BCUT2D eigenvalue weighted by Gasteiger charge is 2.01. The number of rotatable bonds is 7. The third-order valence-corrected chi connectivity index (χ3v) is 1.26. The summed E-state index contributed by atoms with van der Waals surface area (Å²) in [5.41, 5.74) is 0. The first-order chi connectivity index (χ1) is 5.31. The lowest BCUT2D eigenvalue weighted by atomic mass is 10.2. The van der Waals surface area contributed by atoms with Crippen molar-refractivity contribution >= 4 is 0 Å². The average molecular weight is 164 g/mol. The van der Waals surface area contributed by atoms with Crippen LogP contribution in [0.4, 0.5) is 0 Å². The lowest BCUT2D eigenvalue weighted by Crippen LogP contribution is -2.14. The van der Waals surface area contributed by atoms with Gasteiger partial charge in [-0.05, 0) is 19.3 Å². The summed E-state index contributed by atoms with van der Waals surface area (Å²) in [5.74, 6) is 0. The van der Waals surface area contributed by atoms with Crippen LogP contribution >= 0.6 is 0 Å². The Morgan fingerprint density at radius 3 is 2.36 bits per heavy atom. The second-order valence-corrected chi connectivity index (χ2v) is 2.27. The minimum atomic E-state index is -0.798. The predicted octanol–water partition coefficient (Wildman–Crippen LogP) is -0.524. The van der Waals surface area contributed by atoms with Gasteiger partial charge >= 0.3 is 0 Å². The number of unbranched alkanes of at least 4 members (excludes halogenated alkanes) is 1. The molecule has 0 aliphatic heterocycles. The van der Waals surface area contributed by atoms with Crippen molar-refractivity contribution in [3.63, 3.8) is 0 Å². The molecule has 1 atom stereocenters. The van der Waals surface area contributed by atoms with E-state index in [0.717, 1.165) is 6.42 Å². The number of aliphatic hydroxyl groups excluding tert-OH is 3. The second kappa shape index (κ2) is 7.94. The third-order valence-electron chi connectivity index (χ3n) is 1.26. The normalized spacial score (nSPS) is 13.4. The van der Waals surface area contributed by atoms with Crippen LogP contribution in [0.25, 0.3) is 0 Å². The summed E-state index contributed by atoms with van der Waals surface area (Å²) < 4.78 is 4.76. The number of ether oxygens (including phenoxy) is 1. The average Bonchev–Trinajstić information content (AvgIpc) is 2.01. The summed E-state index contributed by atoms with van der Waals surface area (Å²) in [6.07, 6.45) is 1.14. The van der Waals surface area contributed by atoms with Crippen LogP contribution in [0, 0.1) is 0 Å². The first-order valence-electron chi connectivity index (χ1n) is 3.82. The van der Waals surface area contributed by atoms with Gasteiger partial charge in [-0.3, -0.25) is 0 Å². The molecular formula is C7H16O4. The highest BCUT2D eigenvalue weighted by molar-refractivity contribution is 4.43. The van der Waals surface area contributed by atoms with Crippen molar-refractivity contribution < 1.29 is 20.1 Å². The molecule has 11 heavy (non-hydrogen) atoms. The molecule has 0 heterocycles. The second-order valence-electron chi connectivity index (χ2n) is 2.27. The first kappa shape index (κ1) is 10.8. The van der Waals surface area contributed by atoms with Gasteiger partial charge in [0.05, 0.1) is 13.2 Å². The van der Waals surface area contributed by atoms with Gasteiger partial charge in [-0.25, -0.2) is 0 Å². The smallest absolute Gasteiger partial charge is 0.154 e. The summed E-state index contributed by atoms with van der Waals surface area (Å²) in [6, 6.07) is 0. The number of aliphatic hydroxyl groups is 3. The van der Waals surface area contributed by atoms with Crippen LogP contribution in [-0.4, -0.2) is 41.4 Å². The zero-order valence-corrected chi connectivity index (χ0v) is 6.57. The van der Waals surface area contributed by atoms with Crippen molar-refractivity contribution in [1.82, 2.24) is 0 Å². The SMILES string of the molecule is OCCCCC(O)OCCO. The van der Waals surface area contributed by atoms with Crippen molar-refractivity contribution in [2.45, 2.75) is 25.6 Å². The Morgan fingerprint density at radius 2 is 1.82 bits per heavy atom. The Hall–Kier alpha value is -0.160. The molecule has 3 N–H and O–H groups in total. The highest BCUT2D eigenvalue weighted by atomic mass is 16.6. The first-order valence-corrected chi connectivity index (χ1v) is 3.82. The Labute approximate surface area is 66.4 Å². The van der Waals surface area contributed by atoms with E-state index in [9.17, 15) is 0 Å². The van der Waals surface area contributed by atoms with Gasteiger partial charge in [0.15, 0.2) is 6.29 Å². The molecule has 0 saturated carbocycles. The van der Waals surface area contributed by atoms with E-state index in [1.807, 2.05) is 0 Å². The van der Waals surface area contributed by atoms with Crippen molar-refractivity contribution in [2.75, 3.05) is 19.8 Å². The fourth-order valence-corrected chi connectivity index (χ4v) is 0.703. The molecule has 0 aromatic rings. The van der Waals surface area contributed by atoms with Crippen LogP contribution in [0.15, 0.2) is 0 Å². The van der Waals surface area contributed by atoms with E-state index in [-0.39, 0.29) is 19.8 Å². The van der Waals surface area contributed by atoms with Crippen molar-refractivity contribution in [3.05, 3.63) is 0 Å². The zero-order valence-electron chi connectivity index (χ0n) is 6.57. The van der Waals surface area contributed by atoms with Crippen LogP contribution in [0.5, 0.6) is 0 Å². The molecule has 0 radical (unpaired) electrons. The van der Waals surface area contributed by atoms with Gasteiger partial charge in [0.2, 0.25) is 0 Å². The number of hydrogen-bond donors (Lipinski definition) is 3. The lowest BCUT2D eigenvalue weighted by Gasteiger charge is -2.09. The fourth-order valence-electron chi connectivity index (χ4n) is 0.703. The van der Waals surface area contributed by atoms with E-state index in [4.69, 9.17) is 20.1 Å². The summed E-state index contributed by atoms with van der Waals surface area (Å²) in [7, 11) is 0. The summed E-state index contributed by atoms with van der Waals surface area (Å²) in [4.78, 5) is 0. The molecule has 0 amide bonds. The van der Waals surface area contributed by atoms with E-state index in [0.29, 0.717) is 12.8 Å². The molecule has 0 aliphatic carbocycles. The maximum Gasteiger partial charge on any atom is 0.154 e. The Kier molecular flexibility index (Phi) is 7.83. The maximum atomic E-state index is 8.99. The minimum absolute atomic E-state index is 0.0724. The van der Waals surface area contributed by atoms with Crippen LogP contribution in [0.3, 0.4) is 0 Å². The topological polar surface area (TPSA) is 69.9 Å². The van der Waals surface area contributed by atoms with Gasteiger partial charge in [-0.2, -0.15) is 0 Å². The molecule has 0 aromatic heterocycles. The number of hydrogen-bond acceptors (Lipinski definition) is 4. The molecule has 0 fully saturated rings. The summed E-state index contributed by atoms with van der Waals surface area (Å²) >= 11 is 0. The zero-order chi connectivity index (χ0) is 8.53. The lowest BCUT2D eigenvalue weighted by molar-refractivity contribution is -0.111. The molecule has 68 valence electrons. The van der Waals surface area contributed by atoms with E-state index in [1.165, 1.54) is 0 Å². The molecule has 0 spiro atoms. The van der Waals surface area contributed by atoms with Crippen LogP contribution in [0.2, 0.25) is 0 Å². The van der Waals surface area contributed by atoms with E-state index >= 15 is 0 Å². The Balaban J connectivity index is 3.02. The maximum absolute atomic E-state index is 8.99. The summed E-state index contributed by atoms with van der Waals surface area (Å²) in [6.45, 7) is 0.240. The molecule has 0 bridgehead atoms. The van der Waals surface area contributed by atoms with Gasteiger partial charge in [-0.15, -0.1) is 0 Å². The molecular weight excluding hydrogens is 148 g/mol. The minimum Gasteiger partial charge on any atom is -0.396 e. The monoisotopic (exact) mass is 164 g/mol. The predicted molar refractivity (Wildman–Crippen MR) is 40.0 cm³/mol. The van der Waals surface area contributed by atoms with Crippen molar-refractivity contribution in [2.24, 2.45) is 0 Å². The van der Waals surface area contributed by atoms with Crippen molar-refractivity contribution in [3.8, 4) is 0 Å². The summed E-state index contributed by atoms with van der Waals surface area (Å²) in [5, 5.41) is 25.7. The van der Waals surface area contributed by atoms with E-state index in [2.05, 4.69) is 0 Å². The largest absolute Gasteiger partial charge is 0.396 e. The molecule has 4 nitrogen and oxygen atoms in total. The molecule has 0 saturated heterocycles. The van der Waals surface area contributed by atoms with Gasteiger partial charge in [0, 0.05) is 6.61 Å². The molecule has 1 unspecified atom stereocenters. The molecule has 0 rings (SSSR count). The third kappa shape index (κ3) is 7.74.